The molecule has 0 fully saturated rings. The topological polar surface area (TPSA) is 88.9 Å². The number of para-hydroxylation sites is 2. The van der Waals surface area contributed by atoms with Crippen LogP contribution in [-0.4, -0.2) is 32.3 Å². The number of hydrogen-bond acceptors (Lipinski definition) is 5. The van der Waals surface area contributed by atoms with Gasteiger partial charge in [0.2, 0.25) is 11.8 Å². The maximum absolute atomic E-state index is 13.7. The maximum Gasteiger partial charge on any atom is 0.235 e. The molecule has 0 spiro atoms. The van der Waals surface area contributed by atoms with E-state index in [9.17, 15) is 18.4 Å². The van der Waals surface area contributed by atoms with Crippen LogP contribution in [0.2, 0.25) is 0 Å². The number of nitrogens with zero attached hydrogens (tertiary/aromatic N) is 3. The van der Waals surface area contributed by atoms with Crippen molar-refractivity contribution in [2.45, 2.75) is 32.0 Å². The van der Waals surface area contributed by atoms with E-state index in [2.05, 4.69) is 20.8 Å². The molecule has 3 aromatic rings. The molecule has 0 radical (unpaired) electrons. The number of anilines is 2. The van der Waals surface area contributed by atoms with E-state index in [1.807, 2.05) is 38.1 Å². The lowest BCUT2D eigenvalue weighted by atomic mass is 10.2. The predicted octanol–water partition coefficient (Wildman–Crippen LogP) is 3.80. The van der Waals surface area contributed by atoms with E-state index < -0.39 is 23.2 Å². The zero-order valence-electron chi connectivity index (χ0n) is 17.0. The Hall–Kier alpha value is -3.27. The van der Waals surface area contributed by atoms with Gasteiger partial charge in [0.25, 0.3) is 0 Å². The summed E-state index contributed by atoms with van der Waals surface area (Å²) in [7, 11) is 0. The molecule has 0 saturated heterocycles. The van der Waals surface area contributed by atoms with Crippen LogP contribution in [0.15, 0.2) is 47.6 Å². The summed E-state index contributed by atoms with van der Waals surface area (Å²) in [5.74, 6) is -2.19. The molecule has 0 saturated carbocycles. The monoisotopic (exact) mass is 445 g/mol. The quantitative estimate of drug-likeness (QED) is 0.515. The van der Waals surface area contributed by atoms with Gasteiger partial charge < -0.3 is 15.2 Å². The van der Waals surface area contributed by atoms with E-state index in [0.29, 0.717) is 17.5 Å². The van der Waals surface area contributed by atoms with Crippen molar-refractivity contribution in [1.29, 1.82) is 0 Å². The van der Waals surface area contributed by atoms with E-state index in [1.165, 1.54) is 6.07 Å². The lowest BCUT2D eigenvalue weighted by molar-refractivity contribution is -0.116. The van der Waals surface area contributed by atoms with E-state index in [0.717, 1.165) is 35.1 Å². The molecule has 0 unspecified atom stereocenters. The minimum Gasteiger partial charge on any atom is -0.325 e. The van der Waals surface area contributed by atoms with Crippen molar-refractivity contribution in [3.63, 3.8) is 0 Å². The summed E-state index contributed by atoms with van der Waals surface area (Å²) in [5, 5.41) is 13.6. The van der Waals surface area contributed by atoms with Gasteiger partial charge in [-0.15, -0.1) is 10.2 Å². The predicted molar refractivity (Wildman–Crippen MR) is 115 cm³/mol. The number of halogens is 2. The molecule has 2 amide bonds. The Kier molecular flexibility index (Phi) is 7.35. The lowest BCUT2D eigenvalue weighted by Gasteiger charge is -2.10. The van der Waals surface area contributed by atoms with Crippen LogP contribution in [-0.2, 0) is 22.6 Å². The molecule has 10 heteroatoms. The Balaban J connectivity index is 1.61. The van der Waals surface area contributed by atoms with Crippen LogP contribution in [0.5, 0.6) is 0 Å². The van der Waals surface area contributed by atoms with Crippen LogP contribution >= 0.6 is 11.8 Å². The first-order chi connectivity index (χ1) is 14.9. The first-order valence-electron chi connectivity index (χ1n) is 9.53. The smallest absolute Gasteiger partial charge is 0.235 e. The molecule has 0 bridgehead atoms. The Morgan fingerprint density at radius 2 is 1.71 bits per heavy atom. The average molecular weight is 445 g/mol. The molecule has 2 aromatic carbocycles. The summed E-state index contributed by atoms with van der Waals surface area (Å²) in [6, 6.07) is 10.8. The van der Waals surface area contributed by atoms with Crippen molar-refractivity contribution in [3.8, 4) is 0 Å². The second kappa shape index (κ2) is 10.2. The van der Waals surface area contributed by atoms with E-state index >= 15 is 0 Å². The largest absolute Gasteiger partial charge is 0.325 e. The van der Waals surface area contributed by atoms with E-state index in [-0.39, 0.29) is 18.1 Å². The van der Waals surface area contributed by atoms with Crippen LogP contribution in [0, 0.1) is 18.6 Å². The minimum absolute atomic E-state index is 0.0162. The number of amides is 2. The third-order valence-electron chi connectivity index (χ3n) is 4.41. The van der Waals surface area contributed by atoms with Crippen molar-refractivity contribution < 1.29 is 18.4 Å². The highest BCUT2D eigenvalue weighted by Gasteiger charge is 2.17. The number of aryl methyl sites for hydroxylation is 1. The highest BCUT2D eigenvalue weighted by molar-refractivity contribution is 7.99. The Morgan fingerprint density at radius 3 is 2.39 bits per heavy atom. The third-order valence-corrected chi connectivity index (χ3v) is 5.37. The standard InChI is InChI=1S/C21H21F2N5O2S/c1-3-28-17(11-18(29)24-16-10-5-4-7-13(16)2)26-27-21(28)31-12-19(30)25-20-14(22)8-6-9-15(20)23/h4-10H,3,11-12H2,1-2H3,(H,24,29)(H,25,30). The fourth-order valence-corrected chi connectivity index (χ4v) is 3.67. The summed E-state index contributed by atoms with van der Waals surface area (Å²) in [6.07, 6.45) is 0.0162. The first-order valence-corrected chi connectivity index (χ1v) is 10.5. The average Bonchev–Trinajstić information content (AvgIpc) is 3.12. The molecule has 1 heterocycles. The van der Waals surface area contributed by atoms with Gasteiger partial charge in [-0.25, -0.2) is 8.78 Å². The van der Waals surface area contributed by atoms with Gasteiger partial charge in [-0.2, -0.15) is 0 Å². The zero-order valence-corrected chi connectivity index (χ0v) is 17.8. The summed E-state index contributed by atoms with van der Waals surface area (Å²) in [4.78, 5) is 24.5. The van der Waals surface area contributed by atoms with Crippen molar-refractivity contribution >= 4 is 35.0 Å². The maximum atomic E-state index is 13.7. The zero-order chi connectivity index (χ0) is 22.4. The van der Waals surface area contributed by atoms with Gasteiger partial charge in [-0.3, -0.25) is 9.59 Å². The number of benzene rings is 2. The fourth-order valence-electron chi connectivity index (χ4n) is 2.85. The van der Waals surface area contributed by atoms with Crippen molar-refractivity contribution in [1.82, 2.24) is 14.8 Å². The number of carbonyl (C=O) groups excluding carboxylic acids is 2. The molecule has 0 aliphatic rings. The van der Waals surface area contributed by atoms with Crippen LogP contribution in [0.1, 0.15) is 18.3 Å². The first kappa shape index (κ1) is 22.4. The lowest BCUT2D eigenvalue weighted by Crippen LogP contribution is -2.18. The number of hydrogen-bond donors (Lipinski definition) is 2. The molecule has 3 rings (SSSR count). The molecule has 0 aliphatic carbocycles. The Bertz CT molecular complexity index is 1080. The minimum atomic E-state index is -0.850. The van der Waals surface area contributed by atoms with Crippen molar-refractivity contribution in [2.75, 3.05) is 16.4 Å². The van der Waals surface area contributed by atoms with Crippen LogP contribution in [0.3, 0.4) is 0 Å². The number of carbonyl (C=O) groups is 2. The van der Waals surface area contributed by atoms with Crippen LogP contribution in [0.25, 0.3) is 0 Å². The highest BCUT2D eigenvalue weighted by atomic mass is 32.2. The number of rotatable bonds is 8. The molecule has 0 aliphatic heterocycles. The van der Waals surface area contributed by atoms with E-state index in [1.54, 1.807) is 4.57 Å². The molecule has 0 atom stereocenters. The second-order valence-corrected chi connectivity index (χ2v) is 7.56. The molecule has 31 heavy (non-hydrogen) atoms. The van der Waals surface area contributed by atoms with Crippen LogP contribution < -0.4 is 10.6 Å². The van der Waals surface area contributed by atoms with Gasteiger partial charge in [0.05, 0.1) is 12.2 Å². The summed E-state index contributed by atoms with van der Waals surface area (Å²) in [5.41, 5.74) is 1.18. The Labute approximate surface area is 182 Å². The number of aromatic nitrogens is 3. The number of thioether (sulfide) groups is 1. The molecular weight excluding hydrogens is 424 g/mol. The van der Waals surface area contributed by atoms with E-state index in [4.69, 9.17) is 0 Å². The summed E-state index contributed by atoms with van der Waals surface area (Å²) >= 11 is 1.07. The molecular formula is C21H21F2N5O2S. The molecule has 2 N–H and O–H groups in total. The fraction of sp³-hybridized carbons (Fsp3) is 0.238. The summed E-state index contributed by atoms with van der Waals surface area (Å²) in [6.45, 7) is 4.26. The van der Waals surface area contributed by atoms with Crippen molar-refractivity contribution in [2.24, 2.45) is 0 Å². The molecule has 7 nitrogen and oxygen atoms in total. The van der Waals surface area contributed by atoms with Crippen molar-refractivity contribution in [3.05, 3.63) is 65.5 Å². The Morgan fingerprint density at radius 1 is 1.00 bits per heavy atom. The van der Waals surface area contributed by atoms with Gasteiger partial charge in [0.15, 0.2) is 5.16 Å². The normalized spacial score (nSPS) is 10.7. The highest BCUT2D eigenvalue weighted by Crippen LogP contribution is 2.21. The molecule has 162 valence electrons. The van der Waals surface area contributed by atoms with Gasteiger partial charge in [0.1, 0.15) is 23.1 Å². The summed E-state index contributed by atoms with van der Waals surface area (Å²) < 4.78 is 29.1. The van der Waals surface area contributed by atoms with Gasteiger partial charge in [-0.1, -0.05) is 36.0 Å². The van der Waals surface area contributed by atoms with Gasteiger partial charge in [-0.05, 0) is 37.6 Å². The third kappa shape index (κ3) is 5.66. The van der Waals surface area contributed by atoms with Gasteiger partial charge in [0, 0.05) is 12.2 Å². The SMILES string of the molecule is CCn1c(CC(=O)Nc2ccccc2C)nnc1SCC(=O)Nc1c(F)cccc1F. The number of nitrogens with one attached hydrogen (secondary N) is 2. The molecule has 1 aromatic heterocycles. The van der Waals surface area contributed by atoms with Crippen LogP contribution in [0.4, 0.5) is 20.2 Å². The second-order valence-electron chi connectivity index (χ2n) is 6.62. The van der Waals surface area contributed by atoms with Gasteiger partial charge >= 0.3 is 0 Å².